The fraction of sp³-hybridized carbons (Fsp3) is 1.00. The van der Waals surface area contributed by atoms with Crippen molar-refractivity contribution in [2.24, 2.45) is 0 Å². The summed E-state index contributed by atoms with van der Waals surface area (Å²) in [7, 11) is -0.216. The Morgan fingerprint density at radius 2 is 1.60 bits per heavy atom. The van der Waals surface area contributed by atoms with E-state index in [9.17, 15) is 0 Å². The van der Waals surface area contributed by atoms with E-state index < -0.39 is 0 Å². The van der Waals surface area contributed by atoms with Crippen molar-refractivity contribution >= 4 is 7.12 Å². The van der Waals surface area contributed by atoms with Gasteiger partial charge < -0.3 is 14.0 Å². The normalized spacial score (nSPS) is 23.4. The van der Waals surface area contributed by atoms with Crippen molar-refractivity contribution in [3.63, 3.8) is 0 Å². The maximum absolute atomic E-state index is 5.80. The maximum Gasteiger partial charge on any atom is 0.485 e. The number of rotatable bonds is 5. The van der Waals surface area contributed by atoms with Crippen LogP contribution in [0.2, 0.25) is 0 Å². The van der Waals surface area contributed by atoms with Crippen LogP contribution in [0, 0.1) is 0 Å². The molecule has 1 heterocycles. The molecule has 0 radical (unpaired) electrons. The first-order valence-electron chi connectivity index (χ1n) is 5.82. The quantitative estimate of drug-likeness (QED) is 0.519. The molecule has 0 aromatic rings. The summed E-state index contributed by atoms with van der Waals surface area (Å²) in [6, 6.07) is 0. The van der Waals surface area contributed by atoms with Gasteiger partial charge in [-0.1, -0.05) is 13.3 Å². The average Bonchev–Trinajstić information content (AvgIpc) is 2.30. The Morgan fingerprint density at radius 3 is 2.07 bits per heavy atom. The average molecular weight is 214 g/mol. The summed E-state index contributed by atoms with van der Waals surface area (Å²) in [4.78, 5) is 0. The highest BCUT2D eigenvalue weighted by atomic mass is 16.7. The van der Waals surface area contributed by atoms with Crippen molar-refractivity contribution in [1.29, 1.82) is 0 Å². The van der Waals surface area contributed by atoms with Gasteiger partial charge in [0.2, 0.25) is 0 Å². The Morgan fingerprint density at radius 1 is 1.07 bits per heavy atom. The molecular weight excluding hydrogens is 191 g/mol. The van der Waals surface area contributed by atoms with E-state index in [-0.39, 0.29) is 18.3 Å². The topological polar surface area (TPSA) is 27.7 Å². The number of unbranched alkanes of at least 4 members (excludes halogenated alkanes) is 1. The van der Waals surface area contributed by atoms with Gasteiger partial charge in [0.05, 0.1) is 17.7 Å². The van der Waals surface area contributed by atoms with Gasteiger partial charge in [-0.3, -0.25) is 0 Å². The van der Waals surface area contributed by atoms with Gasteiger partial charge in [-0.05, 0) is 34.1 Å². The van der Waals surface area contributed by atoms with Crippen LogP contribution in [0.1, 0.15) is 47.5 Å². The predicted octanol–water partition coefficient (Wildman–Crippen LogP) is 2.43. The molecule has 0 aromatic heterocycles. The van der Waals surface area contributed by atoms with E-state index in [4.69, 9.17) is 14.0 Å². The van der Waals surface area contributed by atoms with Crippen molar-refractivity contribution in [3.8, 4) is 0 Å². The van der Waals surface area contributed by atoms with Gasteiger partial charge in [0.1, 0.15) is 0 Å². The van der Waals surface area contributed by atoms with E-state index in [1.54, 1.807) is 0 Å². The van der Waals surface area contributed by atoms with Gasteiger partial charge in [-0.15, -0.1) is 0 Å². The second-order valence-electron chi connectivity index (χ2n) is 5.11. The van der Waals surface area contributed by atoms with Crippen molar-refractivity contribution < 1.29 is 14.0 Å². The highest BCUT2D eigenvalue weighted by molar-refractivity contribution is 6.45. The molecular formula is C11H23BO3. The molecule has 0 unspecified atom stereocenters. The summed E-state index contributed by atoms with van der Waals surface area (Å²) in [6.07, 6.45) is 2.25. The Labute approximate surface area is 93.6 Å². The highest BCUT2D eigenvalue weighted by Gasteiger charge is 2.50. The zero-order valence-corrected chi connectivity index (χ0v) is 10.6. The van der Waals surface area contributed by atoms with E-state index in [0.717, 1.165) is 19.4 Å². The summed E-state index contributed by atoms with van der Waals surface area (Å²) in [6.45, 7) is 11.7. The van der Waals surface area contributed by atoms with Gasteiger partial charge in [-0.25, -0.2) is 0 Å². The minimum absolute atomic E-state index is 0.216. The fourth-order valence-corrected chi connectivity index (χ4v) is 1.46. The Hall–Kier alpha value is -0.0551. The standard InChI is InChI=1S/C11H23BO3/c1-6-7-8-13-9-12-14-10(2,3)11(4,5)15-12/h6-9H2,1-5H3. The third-order valence-corrected chi connectivity index (χ3v) is 3.20. The first-order chi connectivity index (χ1) is 6.89. The van der Waals surface area contributed by atoms with Crippen molar-refractivity contribution in [3.05, 3.63) is 0 Å². The molecule has 3 nitrogen and oxygen atoms in total. The molecule has 4 heteroatoms. The molecule has 0 atom stereocenters. The van der Waals surface area contributed by atoms with Crippen molar-refractivity contribution in [2.75, 3.05) is 13.1 Å². The molecule has 1 saturated heterocycles. The number of hydrogen-bond acceptors (Lipinski definition) is 3. The smallest absolute Gasteiger partial charge is 0.402 e. The molecule has 0 aromatic carbocycles. The molecule has 0 saturated carbocycles. The lowest BCUT2D eigenvalue weighted by Gasteiger charge is -2.32. The predicted molar refractivity (Wildman–Crippen MR) is 61.8 cm³/mol. The third kappa shape index (κ3) is 3.20. The second-order valence-corrected chi connectivity index (χ2v) is 5.11. The molecule has 1 fully saturated rings. The summed E-state index contributed by atoms with van der Waals surface area (Å²) in [5, 5.41) is 0. The first-order valence-corrected chi connectivity index (χ1v) is 5.82. The van der Waals surface area contributed by atoms with Crippen LogP contribution in [0.15, 0.2) is 0 Å². The van der Waals surface area contributed by atoms with Gasteiger partial charge >= 0.3 is 7.12 Å². The van der Waals surface area contributed by atoms with Crippen LogP contribution >= 0.6 is 0 Å². The number of ether oxygens (including phenoxy) is 1. The Kier molecular flexibility index (Phi) is 4.21. The molecule has 15 heavy (non-hydrogen) atoms. The molecule has 1 rings (SSSR count). The van der Waals surface area contributed by atoms with Crippen LogP contribution in [0.5, 0.6) is 0 Å². The lowest BCUT2D eigenvalue weighted by Crippen LogP contribution is -2.41. The van der Waals surface area contributed by atoms with Crippen molar-refractivity contribution in [1.82, 2.24) is 0 Å². The Balaban J connectivity index is 2.30. The van der Waals surface area contributed by atoms with E-state index in [2.05, 4.69) is 34.6 Å². The summed E-state index contributed by atoms with van der Waals surface area (Å²) < 4.78 is 17.1. The van der Waals surface area contributed by atoms with Crippen LogP contribution in [-0.4, -0.2) is 31.4 Å². The van der Waals surface area contributed by atoms with E-state index in [1.165, 1.54) is 0 Å². The largest absolute Gasteiger partial charge is 0.485 e. The molecule has 0 N–H and O–H groups in total. The van der Waals surface area contributed by atoms with Crippen LogP contribution < -0.4 is 0 Å². The molecule has 0 spiro atoms. The highest BCUT2D eigenvalue weighted by Crippen LogP contribution is 2.36. The maximum atomic E-state index is 5.80. The van der Waals surface area contributed by atoms with Gasteiger partial charge in [0.25, 0.3) is 0 Å². The molecule has 1 aliphatic heterocycles. The van der Waals surface area contributed by atoms with Crippen LogP contribution in [-0.2, 0) is 14.0 Å². The fourth-order valence-electron chi connectivity index (χ4n) is 1.46. The van der Waals surface area contributed by atoms with Gasteiger partial charge in [0, 0.05) is 6.61 Å². The number of hydrogen-bond donors (Lipinski definition) is 0. The lowest BCUT2D eigenvalue weighted by atomic mass is 9.90. The zero-order chi connectivity index (χ0) is 11.5. The first kappa shape index (κ1) is 13.0. The van der Waals surface area contributed by atoms with Gasteiger partial charge in [0.15, 0.2) is 0 Å². The zero-order valence-electron chi connectivity index (χ0n) is 10.6. The minimum atomic E-state index is -0.244. The summed E-state index contributed by atoms with van der Waals surface area (Å²) in [5.74, 6) is 0. The molecule has 0 amide bonds. The SMILES string of the molecule is CCCCOCB1OC(C)(C)C(C)(C)O1. The van der Waals surface area contributed by atoms with E-state index >= 15 is 0 Å². The van der Waals surface area contributed by atoms with E-state index in [1.807, 2.05) is 0 Å². The third-order valence-electron chi connectivity index (χ3n) is 3.20. The van der Waals surface area contributed by atoms with Crippen molar-refractivity contribution in [2.45, 2.75) is 58.7 Å². The van der Waals surface area contributed by atoms with E-state index in [0.29, 0.717) is 6.51 Å². The lowest BCUT2D eigenvalue weighted by molar-refractivity contribution is 0.00578. The van der Waals surface area contributed by atoms with Crippen LogP contribution in [0.3, 0.4) is 0 Å². The Bertz CT molecular complexity index is 188. The minimum Gasteiger partial charge on any atom is -0.402 e. The van der Waals surface area contributed by atoms with Gasteiger partial charge in [-0.2, -0.15) is 0 Å². The molecule has 88 valence electrons. The molecule has 0 aliphatic carbocycles. The van der Waals surface area contributed by atoms with Crippen LogP contribution in [0.4, 0.5) is 0 Å². The molecule has 0 bridgehead atoms. The second kappa shape index (κ2) is 4.85. The monoisotopic (exact) mass is 214 g/mol. The summed E-state index contributed by atoms with van der Waals surface area (Å²) >= 11 is 0. The van der Waals surface area contributed by atoms with Crippen LogP contribution in [0.25, 0.3) is 0 Å². The molecule has 1 aliphatic rings. The summed E-state index contributed by atoms with van der Waals surface area (Å²) in [5.41, 5.74) is -0.489.